The summed E-state index contributed by atoms with van der Waals surface area (Å²) in [5.74, 6) is 1.23. The van der Waals surface area contributed by atoms with Crippen LogP contribution in [0.15, 0.2) is 49.2 Å². The SMILES string of the molecule is O=C(Nc1cccnc1)c1cc(-c2cnc(N3CCOCC3)nc2)cn1CC1CC1. The van der Waals surface area contributed by atoms with Gasteiger partial charge in [-0.3, -0.25) is 9.78 Å². The Morgan fingerprint density at radius 3 is 2.63 bits per heavy atom. The summed E-state index contributed by atoms with van der Waals surface area (Å²) < 4.78 is 7.44. The molecule has 5 rings (SSSR count). The van der Waals surface area contributed by atoms with Gasteiger partial charge in [0, 0.05) is 55.5 Å². The molecular weight excluding hydrogens is 380 g/mol. The number of aromatic nitrogens is 4. The predicted molar refractivity (Wildman–Crippen MR) is 113 cm³/mol. The molecule has 2 fully saturated rings. The number of pyridine rings is 1. The van der Waals surface area contributed by atoms with Crippen molar-refractivity contribution in [3.63, 3.8) is 0 Å². The summed E-state index contributed by atoms with van der Waals surface area (Å²) in [6.45, 7) is 3.85. The van der Waals surface area contributed by atoms with E-state index in [1.54, 1.807) is 18.5 Å². The molecule has 0 aromatic carbocycles. The maximum atomic E-state index is 12.9. The number of nitrogens with zero attached hydrogens (tertiary/aromatic N) is 5. The molecule has 1 N–H and O–H groups in total. The minimum atomic E-state index is -0.138. The number of carbonyl (C=O) groups is 1. The van der Waals surface area contributed by atoms with Gasteiger partial charge >= 0.3 is 0 Å². The van der Waals surface area contributed by atoms with E-state index >= 15 is 0 Å². The average molecular weight is 404 g/mol. The first-order chi connectivity index (χ1) is 14.8. The van der Waals surface area contributed by atoms with Gasteiger partial charge in [0.25, 0.3) is 5.91 Å². The van der Waals surface area contributed by atoms with Gasteiger partial charge in [0.15, 0.2) is 0 Å². The number of rotatable bonds is 6. The Morgan fingerprint density at radius 1 is 1.13 bits per heavy atom. The molecule has 30 heavy (non-hydrogen) atoms. The van der Waals surface area contributed by atoms with Crippen molar-refractivity contribution >= 4 is 17.5 Å². The highest BCUT2D eigenvalue weighted by atomic mass is 16.5. The van der Waals surface area contributed by atoms with Gasteiger partial charge < -0.3 is 19.5 Å². The summed E-state index contributed by atoms with van der Waals surface area (Å²) in [5, 5.41) is 2.94. The van der Waals surface area contributed by atoms with Crippen molar-refractivity contribution < 1.29 is 9.53 Å². The lowest BCUT2D eigenvalue weighted by Crippen LogP contribution is -2.37. The molecule has 1 saturated carbocycles. The molecule has 8 nitrogen and oxygen atoms in total. The zero-order valence-electron chi connectivity index (χ0n) is 16.7. The average Bonchev–Trinajstić information content (AvgIpc) is 3.51. The summed E-state index contributed by atoms with van der Waals surface area (Å²) in [5.41, 5.74) is 3.16. The van der Waals surface area contributed by atoms with Crippen molar-refractivity contribution in [2.75, 3.05) is 36.5 Å². The summed E-state index contributed by atoms with van der Waals surface area (Å²) in [4.78, 5) is 28.2. The molecule has 154 valence electrons. The minimum Gasteiger partial charge on any atom is -0.378 e. The number of anilines is 2. The number of hydrogen-bond donors (Lipinski definition) is 1. The van der Waals surface area contributed by atoms with E-state index in [0.29, 0.717) is 36.5 Å². The molecule has 3 aromatic rings. The van der Waals surface area contributed by atoms with Crippen molar-refractivity contribution in [1.82, 2.24) is 19.5 Å². The van der Waals surface area contributed by atoms with Crippen LogP contribution in [0.3, 0.4) is 0 Å². The van der Waals surface area contributed by atoms with Gasteiger partial charge in [-0.2, -0.15) is 0 Å². The van der Waals surface area contributed by atoms with Crippen LogP contribution in [0.2, 0.25) is 0 Å². The highest BCUT2D eigenvalue weighted by Gasteiger charge is 2.25. The lowest BCUT2D eigenvalue weighted by molar-refractivity contribution is 0.101. The fourth-order valence-electron chi connectivity index (χ4n) is 3.62. The van der Waals surface area contributed by atoms with Crippen molar-refractivity contribution in [2.24, 2.45) is 5.92 Å². The zero-order valence-corrected chi connectivity index (χ0v) is 16.7. The number of nitrogens with one attached hydrogen (secondary N) is 1. The van der Waals surface area contributed by atoms with Gasteiger partial charge in [-0.15, -0.1) is 0 Å². The smallest absolute Gasteiger partial charge is 0.272 e. The largest absolute Gasteiger partial charge is 0.378 e. The van der Waals surface area contributed by atoms with Gasteiger partial charge in [-0.05, 0) is 37.0 Å². The molecule has 2 aliphatic rings. The van der Waals surface area contributed by atoms with E-state index in [0.717, 1.165) is 30.8 Å². The summed E-state index contributed by atoms with van der Waals surface area (Å²) in [6.07, 6.45) is 11.5. The first kappa shape index (κ1) is 18.7. The number of carbonyl (C=O) groups excluding carboxylic acids is 1. The maximum absolute atomic E-state index is 12.9. The zero-order chi connectivity index (χ0) is 20.3. The molecule has 1 aliphatic heterocycles. The number of amides is 1. The molecule has 3 aromatic heterocycles. The second kappa shape index (κ2) is 8.23. The fraction of sp³-hybridized carbons (Fsp3) is 0.364. The van der Waals surface area contributed by atoms with Crippen molar-refractivity contribution in [3.8, 4) is 11.1 Å². The third-order valence-electron chi connectivity index (χ3n) is 5.47. The van der Waals surface area contributed by atoms with Gasteiger partial charge in [0.2, 0.25) is 5.95 Å². The Kier molecular flexibility index (Phi) is 5.15. The van der Waals surface area contributed by atoms with Crippen LogP contribution >= 0.6 is 0 Å². The lowest BCUT2D eigenvalue weighted by atomic mass is 10.2. The first-order valence-corrected chi connectivity index (χ1v) is 10.3. The van der Waals surface area contributed by atoms with Gasteiger partial charge in [-0.25, -0.2) is 9.97 Å². The Hall–Kier alpha value is -3.26. The van der Waals surface area contributed by atoms with Crippen LogP contribution in [-0.4, -0.2) is 51.7 Å². The highest BCUT2D eigenvalue weighted by molar-refractivity contribution is 6.04. The molecule has 0 atom stereocenters. The predicted octanol–water partition coefficient (Wildman–Crippen LogP) is 2.84. The second-order valence-electron chi connectivity index (χ2n) is 7.78. The minimum absolute atomic E-state index is 0.138. The first-order valence-electron chi connectivity index (χ1n) is 10.3. The Labute approximate surface area is 174 Å². The monoisotopic (exact) mass is 404 g/mol. The Morgan fingerprint density at radius 2 is 1.93 bits per heavy atom. The summed E-state index contributed by atoms with van der Waals surface area (Å²) in [6, 6.07) is 5.55. The lowest BCUT2D eigenvalue weighted by Gasteiger charge is -2.26. The van der Waals surface area contributed by atoms with Crippen LogP contribution in [0, 0.1) is 5.92 Å². The van der Waals surface area contributed by atoms with E-state index in [1.807, 2.05) is 30.7 Å². The van der Waals surface area contributed by atoms with Crippen molar-refractivity contribution in [3.05, 3.63) is 54.9 Å². The van der Waals surface area contributed by atoms with Crippen LogP contribution in [0.5, 0.6) is 0 Å². The van der Waals surface area contributed by atoms with E-state index in [-0.39, 0.29) is 5.91 Å². The standard InChI is InChI=1S/C22H24N6O2/c29-21(26-19-2-1-5-23-13-19)20-10-17(15-28(20)14-16-3-4-16)18-11-24-22(25-12-18)27-6-8-30-9-7-27/h1-2,5,10-13,15-16H,3-4,6-9,14H2,(H,26,29). The van der Waals surface area contributed by atoms with E-state index in [4.69, 9.17) is 4.74 Å². The normalized spacial score (nSPS) is 16.5. The van der Waals surface area contributed by atoms with Crippen LogP contribution in [0.4, 0.5) is 11.6 Å². The van der Waals surface area contributed by atoms with E-state index < -0.39 is 0 Å². The molecule has 8 heteroatoms. The molecule has 0 spiro atoms. The maximum Gasteiger partial charge on any atom is 0.272 e. The van der Waals surface area contributed by atoms with Crippen LogP contribution in [-0.2, 0) is 11.3 Å². The van der Waals surface area contributed by atoms with Gasteiger partial charge in [-0.1, -0.05) is 0 Å². The molecule has 0 bridgehead atoms. The van der Waals surface area contributed by atoms with Gasteiger partial charge in [0.1, 0.15) is 5.69 Å². The fourth-order valence-corrected chi connectivity index (χ4v) is 3.62. The number of ether oxygens (including phenoxy) is 1. The molecule has 1 saturated heterocycles. The number of hydrogen-bond acceptors (Lipinski definition) is 6. The Bertz CT molecular complexity index is 1010. The molecular formula is C22H24N6O2. The van der Waals surface area contributed by atoms with Crippen molar-refractivity contribution in [1.29, 1.82) is 0 Å². The molecule has 1 amide bonds. The van der Waals surface area contributed by atoms with E-state index in [2.05, 4.69) is 29.7 Å². The van der Waals surface area contributed by atoms with Crippen LogP contribution in [0.25, 0.3) is 11.1 Å². The quantitative estimate of drug-likeness (QED) is 0.680. The summed E-state index contributed by atoms with van der Waals surface area (Å²) >= 11 is 0. The molecule has 0 unspecified atom stereocenters. The Balaban J connectivity index is 1.39. The third kappa shape index (κ3) is 4.18. The third-order valence-corrected chi connectivity index (χ3v) is 5.47. The van der Waals surface area contributed by atoms with Crippen molar-refractivity contribution in [2.45, 2.75) is 19.4 Å². The second-order valence-corrected chi connectivity index (χ2v) is 7.78. The van der Waals surface area contributed by atoms with Crippen LogP contribution in [0.1, 0.15) is 23.3 Å². The van der Waals surface area contributed by atoms with Crippen LogP contribution < -0.4 is 10.2 Å². The van der Waals surface area contributed by atoms with Gasteiger partial charge in [0.05, 0.1) is 25.1 Å². The topological polar surface area (TPSA) is 85.2 Å². The molecule has 0 radical (unpaired) electrons. The number of morpholine rings is 1. The molecule has 1 aliphatic carbocycles. The summed E-state index contributed by atoms with van der Waals surface area (Å²) in [7, 11) is 0. The molecule has 4 heterocycles. The van der Waals surface area contributed by atoms with E-state index in [1.165, 1.54) is 12.8 Å². The highest BCUT2D eigenvalue weighted by Crippen LogP contribution is 2.32. The van der Waals surface area contributed by atoms with E-state index in [9.17, 15) is 4.79 Å².